The van der Waals surface area contributed by atoms with Crippen molar-refractivity contribution in [3.8, 4) is 0 Å². The third-order valence-electron chi connectivity index (χ3n) is 3.42. The van der Waals surface area contributed by atoms with E-state index in [9.17, 15) is 9.18 Å². The molecule has 0 unspecified atom stereocenters. The second-order valence-electron chi connectivity index (χ2n) is 5.55. The Balaban J connectivity index is 2.17. The molecule has 0 radical (unpaired) electrons. The summed E-state index contributed by atoms with van der Waals surface area (Å²) in [4.78, 5) is 11.8. The van der Waals surface area contributed by atoms with Crippen LogP contribution in [-0.4, -0.2) is 16.3 Å². The van der Waals surface area contributed by atoms with Crippen LogP contribution in [0.25, 0.3) is 0 Å². The quantitative estimate of drug-likeness (QED) is 0.918. The Kier molecular flexibility index (Phi) is 4.46. The Morgan fingerprint density at radius 3 is 2.57 bits per heavy atom. The fraction of sp³-hybridized carbons (Fsp3) is 0.333. The van der Waals surface area contributed by atoms with Gasteiger partial charge in [0.25, 0.3) is 5.56 Å². The third-order valence-corrected chi connectivity index (χ3v) is 4.19. The number of halogens is 2. The van der Waals surface area contributed by atoms with Gasteiger partial charge in [-0.15, -0.1) is 0 Å². The lowest BCUT2D eigenvalue weighted by atomic mass is 9.84. The summed E-state index contributed by atoms with van der Waals surface area (Å²) >= 11 is 3.28. The second kappa shape index (κ2) is 5.97. The predicted octanol–water partition coefficient (Wildman–Crippen LogP) is 3.07. The molecule has 21 heavy (non-hydrogen) atoms. The monoisotopic (exact) mass is 353 g/mol. The number of hydrogen-bond donors (Lipinski definition) is 1. The van der Waals surface area contributed by atoms with E-state index in [-0.39, 0.29) is 16.8 Å². The van der Waals surface area contributed by atoms with Crippen molar-refractivity contribution in [1.29, 1.82) is 0 Å². The molecule has 1 aromatic heterocycles. The number of aryl methyl sites for hydroxylation is 1. The number of rotatable bonds is 4. The van der Waals surface area contributed by atoms with Crippen LogP contribution in [0, 0.1) is 5.82 Å². The Morgan fingerprint density at radius 1 is 1.33 bits per heavy atom. The number of benzene rings is 1. The molecule has 0 saturated carbocycles. The summed E-state index contributed by atoms with van der Waals surface area (Å²) in [5, 5.41) is 7.20. The Bertz CT molecular complexity index is 695. The molecular weight excluding hydrogens is 337 g/mol. The number of aromatic nitrogens is 2. The van der Waals surface area contributed by atoms with Crippen LogP contribution in [0.2, 0.25) is 0 Å². The highest BCUT2D eigenvalue weighted by molar-refractivity contribution is 9.10. The van der Waals surface area contributed by atoms with E-state index >= 15 is 0 Å². The SMILES string of the molecule is Cn1ncc(NCC(C)(C)c2ccc(F)cc2)c(Br)c1=O. The van der Waals surface area contributed by atoms with Crippen molar-refractivity contribution in [2.75, 3.05) is 11.9 Å². The molecule has 0 atom stereocenters. The van der Waals surface area contributed by atoms with Crippen LogP contribution >= 0.6 is 15.9 Å². The Morgan fingerprint density at radius 2 is 1.95 bits per heavy atom. The van der Waals surface area contributed by atoms with Gasteiger partial charge in [-0.25, -0.2) is 9.07 Å². The maximum absolute atomic E-state index is 13.0. The molecule has 0 aliphatic rings. The zero-order valence-corrected chi connectivity index (χ0v) is 13.7. The van der Waals surface area contributed by atoms with Gasteiger partial charge >= 0.3 is 0 Å². The molecule has 0 amide bonds. The summed E-state index contributed by atoms with van der Waals surface area (Å²) in [6.07, 6.45) is 1.60. The van der Waals surface area contributed by atoms with E-state index in [2.05, 4.69) is 40.2 Å². The first-order chi connectivity index (χ1) is 9.81. The fourth-order valence-corrected chi connectivity index (χ4v) is 2.45. The zero-order chi connectivity index (χ0) is 15.6. The summed E-state index contributed by atoms with van der Waals surface area (Å²) < 4.78 is 14.7. The minimum atomic E-state index is -0.249. The van der Waals surface area contributed by atoms with Crippen molar-refractivity contribution in [2.45, 2.75) is 19.3 Å². The molecule has 1 heterocycles. The molecule has 6 heteroatoms. The van der Waals surface area contributed by atoms with Gasteiger partial charge in [0.2, 0.25) is 0 Å². The van der Waals surface area contributed by atoms with Crippen molar-refractivity contribution < 1.29 is 4.39 Å². The fourth-order valence-electron chi connectivity index (χ4n) is 1.95. The summed E-state index contributed by atoms with van der Waals surface area (Å²) in [6, 6.07) is 6.45. The van der Waals surface area contributed by atoms with Gasteiger partial charge in [0.1, 0.15) is 10.3 Å². The second-order valence-corrected chi connectivity index (χ2v) is 6.34. The lowest BCUT2D eigenvalue weighted by Gasteiger charge is -2.26. The lowest BCUT2D eigenvalue weighted by Crippen LogP contribution is -2.29. The number of anilines is 1. The van der Waals surface area contributed by atoms with Gasteiger partial charge < -0.3 is 5.32 Å². The van der Waals surface area contributed by atoms with Gasteiger partial charge in [0, 0.05) is 19.0 Å². The molecule has 0 aliphatic heterocycles. The molecule has 1 aromatic carbocycles. The smallest absolute Gasteiger partial charge is 0.282 e. The Labute approximate surface area is 131 Å². The van der Waals surface area contributed by atoms with Crippen LogP contribution in [-0.2, 0) is 12.5 Å². The summed E-state index contributed by atoms with van der Waals surface area (Å²) in [5.41, 5.74) is 1.26. The van der Waals surface area contributed by atoms with E-state index in [1.807, 2.05) is 0 Å². The summed E-state index contributed by atoms with van der Waals surface area (Å²) in [6.45, 7) is 4.69. The molecule has 0 saturated heterocycles. The standard InChI is InChI=1S/C15H17BrFN3O/c1-15(2,10-4-6-11(17)7-5-10)9-18-12-8-19-20(3)14(21)13(12)16/h4-8,18H,9H2,1-3H3. The molecule has 2 rings (SSSR count). The molecule has 112 valence electrons. The van der Waals surface area contributed by atoms with E-state index < -0.39 is 0 Å². The van der Waals surface area contributed by atoms with Crippen LogP contribution in [0.3, 0.4) is 0 Å². The van der Waals surface area contributed by atoms with Gasteiger partial charge in [-0.3, -0.25) is 4.79 Å². The molecule has 0 bridgehead atoms. The Hall–Kier alpha value is -1.69. The molecular formula is C15H17BrFN3O. The maximum Gasteiger partial charge on any atom is 0.282 e. The molecule has 2 aromatic rings. The predicted molar refractivity (Wildman–Crippen MR) is 85.1 cm³/mol. The average Bonchev–Trinajstić information content (AvgIpc) is 2.44. The number of hydrogen-bond acceptors (Lipinski definition) is 3. The van der Waals surface area contributed by atoms with E-state index in [0.29, 0.717) is 16.7 Å². The largest absolute Gasteiger partial charge is 0.382 e. The van der Waals surface area contributed by atoms with Gasteiger partial charge in [0.15, 0.2) is 0 Å². The van der Waals surface area contributed by atoms with E-state index in [1.165, 1.54) is 16.8 Å². The lowest BCUT2D eigenvalue weighted by molar-refractivity contribution is 0.552. The van der Waals surface area contributed by atoms with Crippen molar-refractivity contribution in [3.63, 3.8) is 0 Å². The average molecular weight is 354 g/mol. The van der Waals surface area contributed by atoms with Gasteiger partial charge in [-0.2, -0.15) is 5.10 Å². The zero-order valence-electron chi connectivity index (χ0n) is 12.2. The summed E-state index contributed by atoms with van der Waals surface area (Å²) in [7, 11) is 1.60. The van der Waals surface area contributed by atoms with Crippen LogP contribution < -0.4 is 10.9 Å². The normalized spacial score (nSPS) is 11.5. The highest BCUT2D eigenvalue weighted by Crippen LogP contribution is 2.25. The highest BCUT2D eigenvalue weighted by Gasteiger charge is 2.21. The highest BCUT2D eigenvalue weighted by atomic mass is 79.9. The first-order valence-corrected chi connectivity index (χ1v) is 7.32. The minimum absolute atomic E-state index is 0.195. The third kappa shape index (κ3) is 3.50. The van der Waals surface area contributed by atoms with Gasteiger partial charge in [0.05, 0.1) is 11.9 Å². The minimum Gasteiger partial charge on any atom is -0.382 e. The molecule has 4 nitrogen and oxygen atoms in total. The van der Waals surface area contributed by atoms with Crippen LogP contribution in [0.1, 0.15) is 19.4 Å². The van der Waals surface area contributed by atoms with Crippen molar-refractivity contribution in [3.05, 3.63) is 56.7 Å². The topological polar surface area (TPSA) is 46.9 Å². The number of nitrogens with one attached hydrogen (secondary N) is 1. The molecule has 0 aliphatic carbocycles. The van der Waals surface area contributed by atoms with Crippen LogP contribution in [0.4, 0.5) is 10.1 Å². The van der Waals surface area contributed by atoms with Gasteiger partial charge in [-0.05, 0) is 33.6 Å². The first-order valence-electron chi connectivity index (χ1n) is 6.53. The summed E-state index contributed by atoms with van der Waals surface area (Å²) in [5.74, 6) is -0.249. The van der Waals surface area contributed by atoms with E-state index in [4.69, 9.17) is 0 Å². The molecule has 0 spiro atoms. The van der Waals surface area contributed by atoms with Crippen molar-refractivity contribution >= 4 is 21.6 Å². The van der Waals surface area contributed by atoms with Crippen molar-refractivity contribution in [1.82, 2.24) is 9.78 Å². The van der Waals surface area contributed by atoms with E-state index in [0.717, 1.165) is 5.56 Å². The number of nitrogens with zero attached hydrogens (tertiary/aromatic N) is 2. The van der Waals surface area contributed by atoms with Crippen LogP contribution in [0.15, 0.2) is 39.7 Å². The van der Waals surface area contributed by atoms with E-state index in [1.54, 1.807) is 25.4 Å². The van der Waals surface area contributed by atoms with Crippen molar-refractivity contribution in [2.24, 2.45) is 7.05 Å². The first kappa shape index (κ1) is 15.7. The maximum atomic E-state index is 13.0. The van der Waals surface area contributed by atoms with Crippen LogP contribution in [0.5, 0.6) is 0 Å². The van der Waals surface area contributed by atoms with Gasteiger partial charge in [-0.1, -0.05) is 26.0 Å². The molecule has 1 N–H and O–H groups in total. The molecule has 0 fully saturated rings.